The molecular formula is C59H67NO8S2. The van der Waals surface area contributed by atoms with Gasteiger partial charge in [0.1, 0.15) is 44.4 Å². The SMILES string of the molecule is CCCCCCCCCCCCc1ccc(C(=O)Oc2ccc(C(=O)Oc3ccc4ccc(OC(=O)c5ccc(OC(=O)c6ccc(CCCCCCCCCCCC)s6)cc5)c(C#N)c4c3)cc2)s1. The molecule has 0 atom stereocenters. The molecule has 0 amide bonds. The number of hydrogen-bond donors (Lipinski definition) is 0. The first-order valence-electron chi connectivity index (χ1n) is 25.5. The maximum absolute atomic E-state index is 13.3. The van der Waals surface area contributed by atoms with E-state index in [4.69, 9.17) is 18.9 Å². The molecule has 9 nitrogen and oxygen atoms in total. The van der Waals surface area contributed by atoms with Crippen molar-refractivity contribution in [2.45, 2.75) is 155 Å². The minimum absolute atomic E-state index is 0.0308. The first kappa shape index (κ1) is 53.3. The summed E-state index contributed by atoms with van der Waals surface area (Å²) in [5.74, 6) is -1.47. The highest BCUT2D eigenvalue weighted by atomic mass is 32.1. The fraction of sp³-hybridized carbons (Fsp3) is 0.407. The summed E-state index contributed by atoms with van der Waals surface area (Å²) in [6.45, 7) is 4.49. The second-order valence-electron chi connectivity index (χ2n) is 17.9. The van der Waals surface area contributed by atoms with Crippen LogP contribution < -0.4 is 18.9 Å². The Morgan fingerprint density at radius 2 is 0.814 bits per heavy atom. The van der Waals surface area contributed by atoms with Gasteiger partial charge in [-0.1, -0.05) is 142 Å². The number of esters is 4. The molecule has 0 aliphatic carbocycles. The Hall–Kier alpha value is -6.09. The molecule has 0 radical (unpaired) electrons. The van der Waals surface area contributed by atoms with E-state index >= 15 is 0 Å². The summed E-state index contributed by atoms with van der Waals surface area (Å²) in [4.78, 5) is 55.7. The highest BCUT2D eigenvalue weighted by Gasteiger charge is 2.19. The molecule has 6 aromatic rings. The molecule has 0 aliphatic rings. The number of nitrogens with zero attached hydrogens (tertiary/aromatic N) is 1. The van der Waals surface area contributed by atoms with E-state index in [0.29, 0.717) is 26.3 Å². The average Bonchev–Trinajstić information content (AvgIpc) is 4.06. The zero-order valence-electron chi connectivity index (χ0n) is 40.9. The summed E-state index contributed by atoms with van der Waals surface area (Å²) in [7, 11) is 0. The summed E-state index contributed by atoms with van der Waals surface area (Å²) in [6.07, 6.45) is 27.5. The van der Waals surface area contributed by atoms with Crippen molar-refractivity contribution in [1.29, 1.82) is 5.26 Å². The molecule has 0 saturated carbocycles. The highest BCUT2D eigenvalue weighted by molar-refractivity contribution is 7.14. The van der Waals surface area contributed by atoms with E-state index in [2.05, 4.69) is 19.9 Å². The average molecular weight is 982 g/mol. The summed E-state index contributed by atoms with van der Waals surface area (Å²) < 4.78 is 22.6. The summed E-state index contributed by atoms with van der Waals surface area (Å²) in [5, 5.41) is 11.3. The normalized spacial score (nSPS) is 11.0. The number of benzene rings is 4. The molecule has 368 valence electrons. The van der Waals surface area contributed by atoms with Crippen LogP contribution in [0.3, 0.4) is 0 Å². The Morgan fingerprint density at radius 3 is 1.26 bits per heavy atom. The van der Waals surface area contributed by atoms with Crippen molar-refractivity contribution in [1.82, 2.24) is 0 Å². The predicted molar refractivity (Wildman–Crippen MR) is 281 cm³/mol. The molecule has 11 heteroatoms. The first-order valence-corrected chi connectivity index (χ1v) is 27.1. The third-order valence-electron chi connectivity index (χ3n) is 12.4. The minimum atomic E-state index is -0.708. The number of rotatable bonds is 30. The second kappa shape index (κ2) is 29.2. The number of thiophene rings is 2. The van der Waals surface area contributed by atoms with Gasteiger partial charge < -0.3 is 18.9 Å². The fourth-order valence-electron chi connectivity index (χ4n) is 8.32. The number of fused-ring (bicyclic) bond motifs is 1. The van der Waals surface area contributed by atoms with Gasteiger partial charge in [-0.3, -0.25) is 0 Å². The Morgan fingerprint density at radius 1 is 0.429 bits per heavy atom. The third-order valence-corrected chi connectivity index (χ3v) is 14.6. The maximum Gasteiger partial charge on any atom is 0.353 e. The summed E-state index contributed by atoms with van der Waals surface area (Å²) in [6, 6.07) is 30.0. The Bertz CT molecular complexity index is 2630. The smallest absolute Gasteiger partial charge is 0.353 e. The van der Waals surface area contributed by atoms with E-state index in [-0.39, 0.29) is 33.9 Å². The van der Waals surface area contributed by atoms with Crippen LogP contribution in [-0.4, -0.2) is 23.9 Å². The van der Waals surface area contributed by atoms with E-state index in [9.17, 15) is 24.4 Å². The Kier molecular flexibility index (Phi) is 22.2. The highest BCUT2D eigenvalue weighted by Crippen LogP contribution is 2.32. The molecule has 70 heavy (non-hydrogen) atoms. The molecule has 0 bridgehead atoms. The van der Waals surface area contributed by atoms with Crippen LogP contribution >= 0.6 is 22.7 Å². The second-order valence-corrected chi connectivity index (χ2v) is 20.3. The lowest BCUT2D eigenvalue weighted by Crippen LogP contribution is -2.10. The number of aryl methyl sites for hydroxylation is 2. The van der Waals surface area contributed by atoms with Gasteiger partial charge in [0, 0.05) is 15.1 Å². The number of carbonyl (C=O) groups is 4. The molecule has 0 aliphatic heterocycles. The van der Waals surface area contributed by atoms with Crippen LogP contribution in [0, 0.1) is 11.3 Å². The van der Waals surface area contributed by atoms with Gasteiger partial charge in [-0.05, 0) is 122 Å². The van der Waals surface area contributed by atoms with Crippen molar-refractivity contribution in [3.63, 3.8) is 0 Å². The number of carbonyl (C=O) groups excluding carboxylic acids is 4. The molecule has 4 aromatic carbocycles. The van der Waals surface area contributed by atoms with Crippen molar-refractivity contribution in [3.8, 4) is 29.1 Å². The molecule has 6 rings (SSSR count). The number of ether oxygens (including phenoxy) is 4. The summed E-state index contributed by atoms with van der Waals surface area (Å²) >= 11 is 2.90. The zero-order chi connectivity index (χ0) is 49.3. The van der Waals surface area contributed by atoms with Gasteiger partial charge in [0.2, 0.25) is 0 Å². The third kappa shape index (κ3) is 17.1. The number of nitriles is 1. The van der Waals surface area contributed by atoms with E-state index in [0.717, 1.165) is 35.4 Å². The molecule has 0 unspecified atom stereocenters. The van der Waals surface area contributed by atoms with Crippen LogP contribution in [0.25, 0.3) is 10.8 Å². The van der Waals surface area contributed by atoms with Gasteiger partial charge in [-0.25, -0.2) is 19.2 Å². The Labute approximate surface area is 422 Å². The van der Waals surface area contributed by atoms with Crippen LogP contribution in [0.15, 0.2) is 103 Å². The van der Waals surface area contributed by atoms with Crippen LogP contribution in [0.5, 0.6) is 23.0 Å². The molecular weight excluding hydrogens is 915 g/mol. The largest absolute Gasteiger partial charge is 0.423 e. The zero-order valence-corrected chi connectivity index (χ0v) is 42.5. The van der Waals surface area contributed by atoms with Crippen molar-refractivity contribution >= 4 is 57.3 Å². The molecule has 0 fully saturated rings. The van der Waals surface area contributed by atoms with E-state index in [1.165, 1.54) is 181 Å². The maximum atomic E-state index is 13.3. The van der Waals surface area contributed by atoms with E-state index in [1.807, 2.05) is 12.1 Å². The van der Waals surface area contributed by atoms with Crippen molar-refractivity contribution < 1.29 is 38.1 Å². The van der Waals surface area contributed by atoms with Crippen molar-refractivity contribution in [2.75, 3.05) is 0 Å². The van der Waals surface area contributed by atoms with Crippen LogP contribution in [0.4, 0.5) is 0 Å². The number of hydrogen-bond acceptors (Lipinski definition) is 11. The first-order chi connectivity index (χ1) is 34.2. The number of unbranched alkanes of at least 4 members (excludes halogenated alkanes) is 18. The molecule has 2 aromatic heterocycles. The van der Waals surface area contributed by atoms with Crippen LogP contribution in [0.2, 0.25) is 0 Å². The van der Waals surface area contributed by atoms with Crippen molar-refractivity contribution in [3.05, 3.63) is 139 Å². The molecule has 0 N–H and O–H groups in total. The van der Waals surface area contributed by atoms with Gasteiger partial charge in [0.15, 0.2) is 0 Å². The lowest BCUT2D eigenvalue weighted by atomic mass is 10.0. The fourth-order valence-corrected chi connectivity index (χ4v) is 10.2. The van der Waals surface area contributed by atoms with Gasteiger partial charge in [0.05, 0.1) is 11.1 Å². The van der Waals surface area contributed by atoms with Gasteiger partial charge in [-0.2, -0.15) is 5.26 Å². The van der Waals surface area contributed by atoms with Gasteiger partial charge in [-0.15, -0.1) is 22.7 Å². The van der Waals surface area contributed by atoms with E-state index in [1.54, 1.807) is 48.5 Å². The lowest BCUT2D eigenvalue weighted by molar-refractivity contribution is 0.0722. The van der Waals surface area contributed by atoms with Crippen LogP contribution in [0.1, 0.15) is 198 Å². The predicted octanol–water partition coefficient (Wildman–Crippen LogP) is 16.6. The molecule has 2 heterocycles. The minimum Gasteiger partial charge on any atom is -0.423 e. The molecule has 0 spiro atoms. The van der Waals surface area contributed by atoms with Gasteiger partial charge >= 0.3 is 23.9 Å². The summed E-state index contributed by atoms with van der Waals surface area (Å²) in [5.41, 5.74) is 0.507. The van der Waals surface area contributed by atoms with E-state index < -0.39 is 23.9 Å². The topological polar surface area (TPSA) is 129 Å². The van der Waals surface area contributed by atoms with Gasteiger partial charge in [0.25, 0.3) is 0 Å². The van der Waals surface area contributed by atoms with Crippen LogP contribution in [-0.2, 0) is 12.8 Å². The molecule has 0 saturated heterocycles. The van der Waals surface area contributed by atoms with Crippen molar-refractivity contribution in [2.24, 2.45) is 0 Å². The lowest BCUT2D eigenvalue weighted by Gasteiger charge is -2.11. The monoisotopic (exact) mass is 981 g/mol. The standard InChI is InChI=1S/C59H67NO8S2/c1-3-5-7-9-11-13-15-17-19-21-23-49-36-39-54(69-49)58(63)65-46-31-26-44(27-32-46)56(61)67-48-35-25-43-30-38-53(52(42-60)51(43)41-48)68-57(62)45-28-33-47(34-29-45)66-59(64)55-40-37-50(70-55)24-22-20-18-16-14-12-10-8-6-4-2/h25-41H,3-24H2,1-2H3. The quantitative estimate of drug-likeness (QED) is 0.0246. The Balaban J connectivity index is 0.941.